The van der Waals surface area contributed by atoms with Gasteiger partial charge in [0.05, 0.1) is 5.69 Å². The van der Waals surface area contributed by atoms with Crippen molar-refractivity contribution in [3.05, 3.63) is 30.1 Å². The summed E-state index contributed by atoms with van der Waals surface area (Å²) in [5, 5.41) is 1.70. The van der Waals surface area contributed by atoms with E-state index >= 15 is 0 Å². The van der Waals surface area contributed by atoms with Crippen LogP contribution < -0.4 is 5.32 Å². The second kappa shape index (κ2) is 4.23. The Bertz CT molecular complexity index is 314. The number of anilines is 1. The third-order valence-corrected chi connectivity index (χ3v) is 1.69. The average Bonchev–Trinajstić information content (AvgIpc) is 2.08. The predicted molar refractivity (Wildman–Crippen MR) is 50.3 cm³/mol. The van der Waals surface area contributed by atoms with Gasteiger partial charge in [-0.05, 0) is 19.1 Å². The third kappa shape index (κ3) is 2.70. The van der Waals surface area contributed by atoms with Crippen LogP contribution in [0.25, 0.3) is 0 Å². The Morgan fingerprint density at radius 1 is 1.54 bits per heavy atom. The first-order valence-electron chi connectivity index (χ1n) is 3.80. The van der Waals surface area contributed by atoms with Gasteiger partial charge in [0, 0.05) is 0 Å². The number of halogens is 2. The molecule has 4 heteroatoms. The molecule has 13 heavy (non-hydrogen) atoms. The number of hydrogen-bond donors (Lipinski definition) is 1. The molecule has 1 rings (SSSR count). The Morgan fingerprint density at radius 3 is 2.69 bits per heavy atom. The van der Waals surface area contributed by atoms with Crippen LogP contribution in [-0.4, -0.2) is 11.3 Å². The number of carbonyl (C=O) groups is 1. The molecule has 1 aromatic rings. The van der Waals surface area contributed by atoms with Crippen LogP contribution >= 0.6 is 11.6 Å². The van der Waals surface area contributed by atoms with Crippen LogP contribution in [-0.2, 0) is 4.79 Å². The molecule has 0 aromatic heterocycles. The predicted octanol–water partition coefficient (Wildman–Crippen LogP) is 2.39. The zero-order chi connectivity index (χ0) is 9.84. The summed E-state index contributed by atoms with van der Waals surface area (Å²) in [6.45, 7) is 1.53. The van der Waals surface area contributed by atoms with Crippen LogP contribution in [0.15, 0.2) is 24.3 Å². The molecule has 1 amide bonds. The van der Waals surface area contributed by atoms with Crippen molar-refractivity contribution >= 4 is 23.2 Å². The molecule has 0 aliphatic carbocycles. The van der Waals surface area contributed by atoms with Gasteiger partial charge < -0.3 is 5.32 Å². The third-order valence-electron chi connectivity index (χ3n) is 1.49. The van der Waals surface area contributed by atoms with Crippen molar-refractivity contribution in [3.8, 4) is 0 Å². The van der Waals surface area contributed by atoms with Crippen LogP contribution in [0.5, 0.6) is 0 Å². The number of para-hydroxylation sites is 1. The minimum atomic E-state index is -0.667. The zero-order valence-corrected chi connectivity index (χ0v) is 7.81. The van der Waals surface area contributed by atoms with Crippen LogP contribution in [0.1, 0.15) is 6.92 Å². The van der Waals surface area contributed by atoms with E-state index in [2.05, 4.69) is 5.32 Å². The van der Waals surface area contributed by atoms with Gasteiger partial charge in [0.15, 0.2) is 0 Å². The number of rotatable bonds is 2. The first-order chi connectivity index (χ1) is 6.11. The van der Waals surface area contributed by atoms with Crippen molar-refractivity contribution in [2.45, 2.75) is 12.3 Å². The highest BCUT2D eigenvalue weighted by atomic mass is 35.5. The maximum Gasteiger partial charge on any atom is 0.242 e. The van der Waals surface area contributed by atoms with Gasteiger partial charge in [-0.1, -0.05) is 12.1 Å². The summed E-state index contributed by atoms with van der Waals surface area (Å²) in [5.74, 6) is -0.875. The summed E-state index contributed by atoms with van der Waals surface area (Å²) < 4.78 is 13.0. The summed E-state index contributed by atoms with van der Waals surface area (Å²) >= 11 is 5.50. The first kappa shape index (κ1) is 9.99. The standard InChI is InChI=1S/C9H9ClFNO/c1-6(10)9(13)12-8-5-3-2-4-7(8)11/h2-6H,1H3,(H,12,13)/t6-/m0/s1. The number of alkyl halides is 1. The Kier molecular flexibility index (Phi) is 3.25. The molecule has 1 aromatic carbocycles. The van der Waals surface area contributed by atoms with Gasteiger partial charge in [0.25, 0.3) is 0 Å². The SMILES string of the molecule is C[C@H](Cl)C(=O)Nc1ccccc1F. The van der Waals surface area contributed by atoms with E-state index in [0.29, 0.717) is 0 Å². The molecule has 1 atom stereocenters. The maximum atomic E-state index is 13.0. The molecule has 0 fully saturated rings. The summed E-state index contributed by atoms with van der Waals surface area (Å²) in [6, 6.07) is 5.94. The summed E-state index contributed by atoms with van der Waals surface area (Å²) in [4.78, 5) is 11.1. The molecule has 0 heterocycles. The lowest BCUT2D eigenvalue weighted by atomic mass is 10.3. The fourth-order valence-electron chi connectivity index (χ4n) is 0.795. The molecule has 0 bridgehead atoms. The number of carbonyl (C=O) groups excluding carboxylic acids is 1. The lowest BCUT2D eigenvalue weighted by molar-refractivity contribution is -0.115. The van der Waals surface area contributed by atoms with Crippen molar-refractivity contribution in [2.24, 2.45) is 0 Å². The van der Waals surface area contributed by atoms with Gasteiger partial charge in [0.2, 0.25) is 5.91 Å². The van der Waals surface area contributed by atoms with Crippen LogP contribution in [0.3, 0.4) is 0 Å². The molecule has 0 radical (unpaired) electrons. The second-order valence-electron chi connectivity index (χ2n) is 2.59. The van der Waals surface area contributed by atoms with E-state index in [9.17, 15) is 9.18 Å². The van der Waals surface area contributed by atoms with Gasteiger partial charge in [0.1, 0.15) is 11.2 Å². The van der Waals surface area contributed by atoms with E-state index in [1.807, 2.05) is 0 Å². The molecule has 0 aliphatic rings. The molecule has 0 spiro atoms. The molecular weight excluding hydrogens is 193 g/mol. The fraction of sp³-hybridized carbons (Fsp3) is 0.222. The lowest BCUT2D eigenvalue weighted by Crippen LogP contribution is -2.20. The number of nitrogens with one attached hydrogen (secondary N) is 1. The van der Waals surface area contributed by atoms with Crippen molar-refractivity contribution in [2.75, 3.05) is 5.32 Å². The number of benzene rings is 1. The van der Waals surface area contributed by atoms with E-state index in [0.717, 1.165) is 0 Å². The van der Waals surface area contributed by atoms with Gasteiger partial charge >= 0.3 is 0 Å². The van der Waals surface area contributed by atoms with Gasteiger partial charge in [-0.25, -0.2) is 4.39 Å². The fourth-order valence-corrected chi connectivity index (χ4v) is 0.849. The minimum absolute atomic E-state index is 0.153. The molecule has 0 saturated carbocycles. The smallest absolute Gasteiger partial charge is 0.242 e. The molecule has 0 aliphatic heterocycles. The summed E-state index contributed by atoms with van der Waals surface area (Å²) in [7, 11) is 0. The average molecular weight is 202 g/mol. The topological polar surface area (TPSA) is 29.1 Å². The van der Waals surface area contributed by atoms with Crippen LogP contribution in [0, 0.1) is 5.82 Å². The monoisotopic (exact) mass is 201 g/mol. The van der Waals surface area contributed by atoms with Crippen molar-refractivity contribution in [3.63, 3.8) is 0 Å². The molecule has 0 unspecified atom stereocenters. The van der Waals surface area contributed by atoms with Crippen LogP contribution in [0.4, 0.5) is 10.1 Å². The Morgan fingerprint density at radius 2 is 2.15 bits per heavy atom. The van der Waals surface area contributed by atoms with E-state index < -0.39 is 17.1 Å². The minimum Gasteiger partial charge on any atom is -0.322 e. The second-order valence-corrected chi connectivity index (χ2v) is 3.24. The zero-order valence-electron chi connectivity index (χ0n) is 7.05. The Labute approximate surface area is 80.7 Å². The van der Waals surface area contributed by atoms with E-state index in [-0.39, 0.29) is 5.69 Å². The normalized spacial score (nSPS) is 12.2. The van der Waals surface area contributed by atoms with E-state index in [4.69, 9.17) is 11.6 Å². The van der Waals surface area contributed by atoms with E-state index in [1.54, 1.807) is 12.1 Å². The van der Waals surface area contributed by atoms with Gasteiger partial charge in [-0.3, -0.25) is 4.79 Å². The molecular formula is C9H9ClFNO. The number of amides is 1. The van der Waals surface area contributed by atoms with E-state index in [1.165, 1.54) is 19.1 Å². The van der Waals surface area contributed by atoms with Gasteiger partial charge in [-0.2, -0.15) is 0 Å². The van der Waals surface area contributed by atoms with Crippen molar-refractivity contribution in [1.29, 1.82) is 0 Å². The molecule has 1 N–H and O–H groups in total. The van der Waals surface area contributed by atoms with Gasteiger partial charge in [-0.15, -0.1) is 11.6 Å². The molecule has 0 saturated heterocycles. The van der Waals surface area contributed by atoms with Crippen molar-refractivity contribution < 1.29 is 9.18 Å². The summed E-state index contributed by atoms with van der Waals surface area (Å²) in [5.41, 5.74) is 0.153. The highest BCUT2D eigenvalue weighted by Crippen LogP contribution is 2.13. The highest BCUT2D eigenvalue weighted by molar-refractivity contribution is 6.32. The molecule has 2 nitrogen and oxygen atoms in total. The Hall–Kier alpha value is -1.09. The number of hydrogen-bond acceptors (Lipinski definition) is 1. The van der Waals surface area contributed by atoms with Crippen molar-refractivity contribution in [1.82, 2.24) is 0 Å². The molecule has 70 valence electrons. The largest absolute Gasteiger partial charge is 0.322 e. The summed E-state index contributed by atoms with van der Waals surface area (Å²) in [6.07, 6.45) is 0. The lowest BCUT2D eigenvalue weighted by Gasteiger charge is -2.06. The quantitative estimate of drug-likeness (QED) is 0.732. The maximum absolute atomic E-state index is 13.0. The Balaban J connectivity index is 2.75. The first-order valence-corrected chi connectivity index (χ1v) is 4.24. The van der Waals surface area contributed by atoms with Crippen LogP contribution in [0.2, 0.25) is 0 Å². The highest BCUT2D eigenvalue weighted by Gasteiger charge is 2.10.